The molecule has 0 saturated carbocycles. The number of nitrogens with one attached hydrogen (secondary N) is 2. The van der Waals surface area contributed by atoms with Crippen LogP contribution in [0.1, 0.15) is 22.3 Å². The van der Waals surface area contributed by atoms with Crippen molar-refractivity contribution >= 4 is 29.1 Å². The van der Waals surface area contributed by atoms with E-state index in [9.17, 15) is 4.79 Å². The van der Waals surface area contributed by atoms with Crippen LogP contribution in [0.5, 0.6) is 0 Å². The Labute approximate surface area is 157 Å². The van der Waals surface area contributed by atoms with E-state index in [-0.39, 0.29) is 5.91 Å². The first kappa shape index (κ1) is 17.9. The highest BCUT2D eigenvalue weighted by Crippen LogP contribution is 2.21. The predicted molar refractivity (Wildman–Crippen MR) is 105 cm³/mol. The van der Waals surface area contributed by atoms with Crippen LogP contribution in [0.15, 0.2) is 67.0 Å². The molecule has 0 atom stereocenters. The largest absolute Gasteiger partial charge is 0.354 e. The Morgan fingerprint density at radius 2 is 1.65 bits per heavy atom. The Bertz CT molecular complexity index is 853. The molecule has 0 spiro atoms. The summed E-state index contributed by atoms with van der Waals surface area (Å²) in [5, 5.41) is 6.39. The minimum atomic E-state index is -0.297. The van der Waals surface area contributed by atoms with E-state index < -0.39 is 0 Å². The number of aryl methyl sites for hydroxylation is 1. The lowest BCUT2D eigenvalue weighted by Crippen LogP contribution is -2.14. The lowest BCUT2D eigenvalue weighted by Gasteiger charge is -2.08. The maximum Gasteiger partial charge on any atom is 0.258 e. The molecule has 0 aliphatic carbocycles. The van der Waals surface area contributed by atoms with E-state index in [2.05, 4.69) is 32.7 Å². The van der Waals surface area contributed by atoms with Crippen LogP contribution in [0.25, 0.3) is 0 Å². The Morgan fingerprint density at radius 1 is 0.962 bits per heavy atom. The number of aromatic nitrogens is 2. The summed E-state index contributed by atoms with van der Waals surface area (Å²) in [7, 11) is 0. The van der Waals surface area contributed by atoms with Gasteiger partial charge >= 0.3 is 0 Å². The number of carbonyl (C=O) groups excluding carboxylic acids is 1. The summed E-state index contributed by atoms with van der Waals surface area (Å²) >= 11 is 6.04. The molecule has 1 aromatic heterocycles. The first-order valence-electron chi connectivity index (χ1n) is 8.38. The highest BCUT2D eigenvalue weighted by Gasteiger charge is 2.09. The van der Waals surface area contributed by atoms with Crippen molar-refractivity contribution in [3.05, 3.63) is 83.1 Å². The average Bonchev–Trinajstić information content (AvgIpc) is 2.68. The molecular formula is C20H19ClN4O. The molecule has 0 bridgehead atoms. The van der Waals surface area contributed by atoms with Gasteiger partial charge in [0.2, 0.25) is 5.95 Å². The van der Waals surface area contributed by atoms with Crippen molar-refractivity contribution in [2.45, 2.75) is 12.8 Å². The molecule has 2 N–H and O–H groups in total. The number of nitrogens with zero attached hydrogens (tertiary/aromatic N) is 2. The highest BCUT2D eigenvalue weighted by atomic mass is 35.5. The number of anilines is 2. The molecule has 1 amide bonds. The Hall–Kier alpha value is -2.92. The molecule has 0 fully saturated rings. The van der Waals surface area contributed by atoms with Gasteiger partial charge in [-0.3, -0.25) is 4.79 Å². The van der Waals surface area contributed by atoms with Gasteiger partial charge in [-0.15, -0.1) is 0 Å². The van der Waals surface area contributed by atoms with Crippen molar-refractivity contribution in [1.82, 2.24) is 9.97 Å². The second-order valence-electron chi connectivity index (χ2n) is 5.75. The fraction of sp³-hybridized carbons (Fsp3) is 0.150. The van der Waals surface area contributed by atoms with Crippen LogP contribution in [0.3, 0.4) is 0 Å². The molecule has 0 radical (unpaired) electrons. The number of carbonyl (C=O) groups is 1. The average molecular weight is 367 g/mol. The van der Waals surface area contributed by atoms with Gasteiger partial charge < -0.3 is 10.6 Å². The summed E-state index contributed by atoms with van der Waals surface area (Å²) in [5.74, 6) is 0.209. The van der Waals surface area contributed by atoms with E-state index in [0.717, 1.165) is 19.4 Å². The molecule has 0 unspecified atom stereocenters. The zero-order valence-electron chi connectivity index (χ0n) is 14.2. The third-order valence-electron chi connectivity index (χ3n) is 3.80. The second kappa shape index (κ2) is 8.97. The van der Waals surface area contributed by atoms with Gasteiger partial charge in [-0.1, -0.05) is 54.1 Å². The maximum absolute atomic E-state index is 12.2. The number of para-hydroxylation sites is 1. The normalized spacial score (nSPS) is 10.3. The smallest absolute Gasteiger partial charge is 0.258 e. The van der Waals surface area contributed by atoms with Crippen LogP contribution in [-0.4, -0.2) is 22.4 Å². The minimum Gasteiger partial charge on any atom is -0.354 e. The summed E-state index contributed by atoms with van der Waals surface area (Å²) in [6.07, 6.45) is 4.96. The highest BCUT2D eigenvalue weighted by molar-refractivity contribution is 6.33. The molecule has 0 saturated heterocycles. The summed E-state index contributed by atoms with van der Waals surface area (Å²) < 4.78 is 0. The van der Waals surface area contributed by atoms with Crippen LogP contribution in [0.2, 0.25) is 5.02 Å². The molecule has 0 aliphatic rings. The third-order valence-corrected chi connectivity index (χ3v) is 4.13. The van der Waals surface area contributed by atoms with Gasteiger partial charge in [0.1, 0.15) is 0 Å². The molecule has 0 aliphatic heterocycles. The lowest BCUT2D eigenvalue weighted by molar-refractivity contribution is 0.102. The minimum absolute atomic E-state index is 0.297. The molecule has 132 valence electrons. The summed E-state index contributed by atoms with van der Waals surface area (Å²) in [6.45, 7) is 0.764. The fourth-order valence-corrected chi connectivity index (χ4v) is 2.61. The predicted octanol–water partition coefficient (Wildman–Crippen LogP) is 4.43. The van der Waals surface area contributed by atoms with Crippen LogP contribution in [-0.2, 0) is 6.42 Å². The zero-order valence-corrected chi connectivity index (χ0v) is 14.9. The number of rotatable bonds is 7. The standard InChI is InChI=1S/C20H19ClN4O/c21-17-10-4-5-11-18(17)25-19(26)16-13-23-20(24-14-16)22-12-6-9-15-7-2-1-3-8-15/h1-5,7-8,10-11,13-14H,6,9,12H2,(H,25,26)(H,22,23,24). The van der Waals surface area contributed by atoms with E-state index in [0.29, 0.717) is 22.2 Å². The molecule has 1 heterocycles. The zero-order chi connectivity index (χ0) is 18.2. The van der Waals surface area contributed by atoms with E-state index in [1.54, 1.807) is 24.3 Å². The lowest BCUT2D eigenvalue weighted by atomic mass is 10.1. The van der Waals surface area contributed by atoms with Crippen molar-refractivity contribution in [3.8, 4) is 0 Å². The molecule has 3 rings (SSSR count). The van der Waals surface area contributed by atoms with E-state index >= 15 is 0 Å². The van der Waals surface area contributed by atoms with Gasteiger partial charge in [0.05, 0.1) is 16.3 Å². The molecule has 5 nitrogen and oxygen atoms in total. The second-order valence-corrected chi connectivity index (χ2v) is 6.15. The maximum atomic E-state index is 12.2. The number of hydrogen-bond donors (Lipinski definition) is 2. The Balaban J connectivity index is 1.48. The fourth-order valence-electron chi connectivity index (χ4n) is 2.43. The van der Waals surface area contributed by atoms with E-state index in [1.165, 1.54) is 18.0 Å². The number of halogens is 1. The van der Waals surface area contributed by atoms with Crippen LogP contribution >= 0.6 is 11.6 Å². The summed E-state index contributed by atoms with van der Waals surface area (Å²) in [4.78, 5) is 20.6. The number of benzene rings is 2. The van der Waals surface area contributed by atoms with Gasteiger partial charge in [0.15, 0.2) is 0 Å². The summed E-state index contributed by atoms with van der Waals surface area (Å²) in [6, 6.07) is 17.4. The van der Waals surface area contributed by atoms with Crippen molar-refractivity contribution < 1.29 is 4.79 Å². The van der Waals surface area contributed by atoms with Gasteiger partial charge in [0, 0.05) is 18.9 Å². The van der Waals surface area contributed by atoms with Crippen LogP contribution in [0.4, 0.5) is 11.6 Å². The van der Waals surface area contributed by atoms with Crippen molar-refractivity contribution in [2.75, 3.05) is 17.2 Å². The van der Waals surface area contributed by atoms with Gasteiger partial charge in [-0.05, 0) is 30.5 Å². The topological polar surface area (TPSA) is 66.9 Å². The van der Waals surface area contributed by atoms with Crippen molar-refractivity contribution in [1.29, 1.82) is 0 Å². The van der Waals surface area contributed by atoms with Crippen molar-refractivity contribution in [3.63, 3.8) is 0 Å². The van der Waals surface area contributed by atoms with Crippen molar-refractivity contribution in [2.24, 2.45) is 0 Å². The van der Waals surface area contributed by atoms with E-state index in [1.807, 2.05) is 18.2 Å². The van der Waals surface area contributed by atoms with E-state index in [4.69, 9.17) is 11.6 Å². The van der Waals surface area contributed by atoms with Gasteiger partial charge in [0.25, 0.3) is 5.91 Å². The number of hydrogen-bond acceptors (Lipinski definition) is 4. The van der Waals surface area contributed by atoms with Crippen LogP contribution in [0, 0.1) is 0 Å². The van der Waals surface area contributed by atoms with Crippen LogP contribution < -0.4 is 10.6 Å². The molecule has 26 heavy (non-hydrogen) atoms. The van der Waals surface area contributed by atoms with Gasteiger partial charge in [-0.2, -0.15) is 0 Å². The molecule has 3 aromatic rings. The monoisotopic (exact) mass is 366 g/mol. The first-order valence-corrected chi connectivity index (χ1v) is 8.76. The SMILES string of the molecule is O=C(Nc1ccccc1Cl)c1cnc(NCCCc2ccccc2)nc1. The first-order chi connectivity index (χ1) is 12.7. The Morgan fingerprint density at radius 3 is 2.38 bits per heavy atom. The molecule has 2 aromatic carbocycles. The quantitative estimate of drug-likeness (QED) is 0.607. The molecule has 6 heteroatoms. The number of amides is 1. The van der Waals surface area contributed by atoms with Gasteiger partial charge in [-0.25, -0.2) is 9.97 Å². The molecular weight excluding hydrogens is 348 g/mol. The Kier molecular flexibility index (Phi) is 6.17. The summed E-state index contributed by atoms with van der Waals surface area (Å²) in [5.41, 5.74) is 2.24. The third kappa shape index (κ3) is 5.04.